The van der Waals surface area contributed by atoms with E-state index in [1.165, 1.54) is 10.8 Å². The molecule has 0 radical (unpaired) electrons. The van der Waals surface area contributed by atoms with E-state index in [1.54, 1.807) is 8.79 Å². The Morgan fingerprint density at radius 2 is 1.12 bits per heavy atom. The van der Waals surface area contributed by atoms with Crippen molar-refractivity contribution in [3.8, 4) is 0 Å². The van der Waals surface area contributed by atoms with Crippen molar-refractivity contribution in [1.82, 2.24) is 5.32 Å². The van der Waals surface area contributed by atoms with Gasteiger partial charge in [-0.05, 0) is 0 Å². The van der Waals surface area contributed by atoms with Crippen molar-refractivity contribution in [3.05, 3.63) is 96.6 Å². The minimum atomic E-state index is -2.41. The molecule has 0 atom stereocenters. The fraction of sp³-hybridized carbons (Fsp3) is 0.182. The summed E-state index contributed by atoms with van der Waals surface area (Å²) < 4.78 is 3.12. The Morgan fingerprint density at radius 1 is 0.667 bits per heavy atom. The third-order valence-corrected chi connectivity index (χ3v) is 15.2. The predicted octanol–water partition coefficient (Wildman–Crippen LogP) is 3.60. The van der Waals surface area contributed by atoms with Gasteiger partial charge in [-0.3, -0.25) is 0 Å². The van der Waals surface area contributed by atoms with E-state index in [4.69, 9.17) is 0 Å². The van der Waals surface area contributed by atoms with E-state index in [0.717, 1.165) is 11.9 Å². The van der Waals surface area contributed by atoms with Crippen molar-refractivity contribution in [2.45, 2.75) is 18.7 Å². The van der Waals surface area contributed by atoms with E-state index in [-0.39, 0.29) is 0 Å². The Morgan fingerprint density at radius 3 is 1.58 bits per heavy atom. The van der Waals surface area contributed by atoms with E-state index in [2.05, 4.69) is 103 Å². The summed E-state index contributed by atoms with van der Waals surface area (Å²) in [6.45, 7) is 3.30. The molecule has 0 saturated carbocycles. The molecular weight excluding hydrogens is 351 g/mol. The number of nitrogens with one attached hydrogen (secondary N) is 1. The van der Waals surface area contributed by atoms with Crippen LogP contribution < -0.4 is 14.1 Å². The maximum absolute atomic E-state index is 3.77. The molecule has 0 bridgehead atoms. The first kappa shape index (κ1) is 17.0. The molecule has 0 aliphatic carbocycles. The first-order valence-electron chi connectivity index (χ1n) is 8.71. The van der Waals surface area contributed by atoms with Gasteiger partial charge < -0.3 is 0 Å². The normalized spacial score (nSPS) is 11.4. The summed E-state index contributed by atoms with van der Waals surface area (Å²) >= 11 is -2.41. The van der Waals surface area contributed by atoms with Crippen molar-refractivity contribution in [2.75, 3.05) is 5.38 Å². The van der Waals surface area contributed by atoms with E-state index in [0.29, 0.717) is 0 Å². The van der Waals surface area contributed by atoms with Gasteiger partial charge in [0, 0.05) is 0 Å². The Bertz CT molecular complexity index is 686. The number of rotatable bonds is 7. The fourth-order valence-electron chi connectivity index (χ4n) is 3.43. The van der Waals surface area contributed by atoms with Crippen LogP contribution in [0.1, 0.15) is 12.5 Å². The molecule has 1 N–H and O–H groups in total. The van der Waals surface area contributed by atoms with Crippen LogP contribution >= 0.6 is 0 Å². The summed E-state index contributed by atoms with van der Waals surface area (Å²) in [5, 5.41) is 6.13. The topological polar surface area (TPSA) is 12.0 Å². The van der Waals surface area contributed by atoms with Gasteiger partial charge >= 0.3 is 148 Å². The maximum atomic E-state index is 3.77. The van der Waals surface area contributed by atoms with Gasteiger partial charge in [-0.25, -0.2) is 0 Å². The molecule has 1 nitrogen and oxygen atoms in total. The summed E-state index contributed by atoms with van der Waals surface area (Å²) in [5.74, 6) is 0. The van der Waals surface area contributed by atoms with Crippen molar-refractivity contribution < 1.29 is 0 Å². The van der Waals surface area contributed by atoms with E-state index in [9.17, 15) is 0 Å². The molecule has 24 heavy (non-hydrogen) atoms. The van der Waals surface area contributed by atoms with Crippen LogP contribution in [0, 0.1) is 0 Å². The monoisotopic (exact) mass is 377 g/mol. The van der Waals surface area contributed by atoms with Crippen LogP contribution in [0.3, 0.4) is 0 Å². The molecule has 3 aromatic rings. The van der Waals surface area contributed by atoms with Gasteiger partial charge in [0.25, 0.3) is 0 Å². The van der Waals surface area contributed by atoms with Crippen LogP contribution in [0.25, 0.3) is 0 Å². The average molecular weight is 376 g/mol. The predicted molar refractivity (Wildman–Crippen MR) is 107 cm³/mol. The van der Waals surface area contributed by atoms with Crippen LogP contribution in [0.4, 0.5) is 0 Å². The second-order valence-electron chi connectivity index (χ2n) is 6.26. The second kappa shape index (κ2) is 8.32. The van der Waals surface area contributed by atoms with Crippen molar-refractivity contribution in [1.29, 1.82) is 0 Å². The van der Waals surface area contributed by atoms with Crippen LogP contribution in [0.2, 0.25) is 5.25 Å². The molecular formula is C22H25GeN. The molecule has 0 spiro atoms. The third kappa shape index (κ3) is 3.80. The molecule has 122 valence electrons. The van der Waals surface area contributed by atoms with Crippen molar-refractivity contribution >= 4 is 22.1 Å². The Kier molecular flexibility index (Phi) is 5.89. The zero-order valence-corrected chi connectivity index (χ0v) is 16.4. The first-order valence-corrected chi connectivity index (χ1v) is 13.8. The van der Waals surface area contributed by atoms with Crippen LogP contribution in [-0.2, 0) is 6.54 Å². The van der Waals surface area contributed by atoms with E-state index >= 15 is 0 Å². The Labute approximate surface area is 148 Å². The van der Waals surface area contributed by atoms with Gasteiger partial charge in [0.2, 0.25) is 0 Å². The molecule has 0 aliphatic heterocycles. The molecule has 0 saturated heterocycles. The molecule has 0 unspecified atom stereocenters. The van der Waals surface area contributed by atoms with E-state index < -0.39 is 13.3 Å². The number of hydrogen-bond acceptors (Lipinski definition) is 1. The minimum absolute atomic E-state index is 0.938. The van der Waals surface area contributed by atoms with Crippen LogP contribution in [-0.4, -0.2) is 18.6 Å². The van der Waals surface area contributed by atoms with Gasteiger partial charge in [-0.2, -0.15) is 0 Å². The average Bonchev–Trinajstić information content (AvgIpc) is 2.68. The molecule has 0 aromatic heterocycles. The molecule has 3 rings (SSSR count). The second-order valence-corrected chi connectivity index (χ2v) is 15.4. The number of hydrogen-bond donors (Lipinski definition) is 1. The third-order valence-electron chi connectivity index (χ3n) is 4.86. The molecule has 0 aliphatic rings. The van der Waals surface area contributed by atoms with Crippen molar-refractivity contribution in [3.63, 3.8) is 0 Å². The zero-order valence-electron chi connectivity index (χ0n) is 14.3. The Balaban J connectivity index is 1.87. The van der Waals surface area contributed by atoms with Gasteiger partial charge in [-0.1, -0.05) is 0 Å². The zero-order chi connectivity index (χ0) is 16.7. The summed E-state index contributed by atoms with van der Waals surface area (Å²) in [6, 6.07) is 33.0. The van der Waals surface area contributed by atoms with Crippen molar-refractivity contribution in [2.24, 2.45) is 0 Å². The van der Waals surface area contributed by atoms with E-state index in [1.807, 2.05) is 0 Å². The summed E-state index contributed by atoms with van der Waals surface area (Å²) in [4.78, 5) is 0. The fourth-order valence-corrected chi connectivity index (χ4v) is 11.9. The Hall–Kier alpha value is -1.84. The van der Waals surface area contributed by atoms with Crippen LogP contribution in [0.15, 0.2) is 91.0 Å². The summed E-state index contributed by atoms with van der Waals surface area (Å²) in [5.41, 5.74) is 1.35. The molecule has 3 aromatic carbocycles. The molecule has 0 amide bonds. The standard InChI is InChI=1S/C22H25GeN/c1-2-23(21-14-8-4-9-15-21,22-16-10-5-11-17-22)19-24-18-20-12-6-3-7-13-20/h3-17,24H,2,18-19H2,1H3. The van der Waals surface area contributed by atoms with Gasteiger partial charge in [-0.15, -0.1) is 0 Å². The van der Waals surface area contributed by atoms with Gasteiger partial charge in [0.1, 0.15) is 0 Å². The quantitative estimate of drug-likeness (QED) is 0.622. The first-order chi connectivity index (χ1) is 11.8. The van der Waals surface area contributed by atoms with Crippen LogP contribution in [0.5, 0.6) is 0 Å². The summed E-state index contributed by atoms with van der Waals surface area (Å²) in [7, 11) is 0. The summed E-state index contributed by atoms with van der Waals surface area (Å²) in [6.07, 6.45) is 0. The number of benzene rings is 3. The molecule has 0 fully saturated rings. The molecule has 2 heteroatoms. The molecule has 0 heterocycles. The van der Waals surface area contributed by atoms with Gasteiger partial charge in [0.15, 0.2) is 0 Å². The SMILES string of the molecule is C[CH2][Ge]([CH2]NCc1ccccc1)([c]1ccccc1)[c]1ccccc1. The van der Waals surface area contributed by atoms with Gasteiger partial charge in [0.05, 0.1) is 0 Å².